The van der Waals surface area contributed by atoms with Gasteiger partial charge in [-0.1, -0.05) is 24.3 Å². The summed E-state index contributed by atoms with van der Waals surface area (Å²) in [6, 6.07) is 18.6. The van der Waals surface area contributed by atoms with Crippen molar-refractivity contribution in [3.05, 3.63) is 71.8 Å². The van der Waals surface area contributed by atoms with Gasteiger partial charge in [0.25, 0.3) is 0 Å². The Bertz CT molecular complexity index is 1410. The number of hydrogen-bond acceptors (Lipinski definition) is 5. The average Bonchev–Trinajstić information content (AvgIpc) is 2.87. The number of benzene rings is 3. The van der Waals surface area contributed by atoms with Crippen molar-refractivity contribution in [3.8, 4) is 5.75 Å². The highest BCUT2D eigenvalue weighted by Gasteiger charge is 2.27. The van der Waals surface area contributed by atoms with Gasteiger partial charge in [0, 0.05) is 31.5 Å². The number of nitrogens with two attached hydrogens (primary N) is 1. The quantitative estimate of drug-likeness (QED) is 0.233. The molecule has 212 valence electrons. The molecule has 11 heteroatoms. The first-order valence-corrected chi connectivity index (χ1v) is 14.0. The van der Waals surface area contributed by atoms with Crippen LogP contribution in [-0.2, 0) is 16.6 Å². The third-order valence-electron chi connectivity index (χ3n) is 6.79. The smallest absolute Gasteiger partial charge is 0.237 e. The van der Waals surface area contributed by atoms with Crippen LogP contribution < -0.4 is 14.8 Å². The fraction of sp³-hybridized carbons (Fsp3) is 0.357. The predicted molar refractivity (Wildman–Crippen MR) is 165 cm³/mol. The van der Waals surface area contributed by atoms with E-state index in [0.29, 0.717) is 22.8 Å². The Morgan fingerprint density at radius 1 is 1.00 bits per heavy atom. The van der Waals surface area contributed by atoms with Gasteiger partial charge in [-0.3, -0.25) is 15.1 Å². The molecule has 39 heavy (non-hydrogen) atoms. The second-order valence-corrected chi connectivity index (χ2v) is 12.2. The number of halogens is 2. The van der Waals surface area contributed by atoms with E-state index in [1.165, 1.54) is 4.31 Å². The molecule has 1 aliphatic heterocycles. The van der Waals surface area contributed by atoms with Crippen molar-refractivity contribution < 1.29 is 13.2 Å². The van der Waals surface area contributed by atoms with Crippen LogP contribution >= 0.6 is 24.8 Å². The van der Waals surface area contributed by atoms with Crippen molar-refractivity contribution in [1.82, 2.24) is 4.90 Å². The molecule has 8 nitrogen and oxygen atoms in total. The third-order valence-corrected chi connectivity index (χ3v) is 8.93. The van der Waals surface area contributed by atoms with Crippen molar-refractivity contribution in [1.29, 1.82) is 10.8 Å². The van der Waals surface area contributed by atoms with E-state index in [1.54, 1.807) is 32.9 Å². The van der Waals surface area contributed by atoms with Crippen molar-refractivity contribution in [2.45, 2.75) is 51.5 Å². The number of nitrogen functional groups attached to an aromatic ring is 1. The largest absolute Gasteiger partial charge is 0.490 e. The lowest BCUT2D eigenvalue weighted by Gasteiger charge is -2.33. The first kappa shape index (κ1) is 32.2. The number of nitrogens with one attached hydrogen (secondary N) is 2. The van der Waals surface area contributed by atoms with Crippen LogP contribution in [0.4, 0.5) is 5.69 Å². The van der Waals surface area contributed by atoms with Crippen LogP contribution in [0.25, 0.3) is 10.8 Å². The van der Waals surface area contributed by atoms with E-state index < -0.39 is 15.3 Å². The van der Waals surface area contributed by atoms with Gasteiger partial charge in [-0.25, -0.2) is 8.42 Å². The van der Waals surface area contributed by atoms with Crippen LogP contribution in [0.2, 0.25) is 0 Å². The van der Waals surface area contributed by atoms with Crippen LogP contribution in [-0.4, -0.2) is 49.4 Å². The summed E-state index contributed by atoms with van der Waals surface area (Å²) in [5.74, 6) is 1.28. The Hall–Kier alpha value is -3.01. The molecule has 4 rings (SSSR count). The molecule has 0 bridgehead atoms. The van der Waals surface area contributed by atoms with Crippen LogP contribution in [0.15, 0.2) is 60.7 Å². The number of ether oxygens (including phenoxy) is 1. The fourth-order valence-electron chi connectivity index (χ4n) is 4.50. The molecular formula is C28H37Cl2N5O3S. The molecule has 0 atom stereocenters. The lowest BCUT2D eigenvalue weighted by atomic mass is 10.0. The second-order valence-electron chi connectivity index (χ2n) is 9.79. The Kier molecular flexibility index (Phi) is 11.0. The van der Waals surface area contributed by atoms with Crippen LogP contribution in [0, 0.1) is 10.8 Å². The fourth-order valence-corrected chi connectivity index (χ4v) is 5.76. The SMILES string of the molecule is CC(=N)N1CCC(Oc2ccc(N(Cc3ccc4ccc(C(=N)N)cc4c3)S(=O)(=O)C(C)C)cc2)CC1.Cl.Cl. The highest BCUT2D eigenvalue weighted by atomic mass is 35.5. The summed E-state index contributed by atoms with van der Waals surface area (Å²) in [5.41, 5.74) is 7.70. The molecule has 1 saturated heterocycles. The molecule has 4 N–H and O–H groups in total. The molecule has 0 aromatic heterocycles. The topological polar surface area (TPSA) is 124 Å². The number of likely N-dealkylation sites (tertiary alicyclic amines) is 1. The molecule has 3 aromatic rings. The minimum absolute atomic E-state index is 0. The van der Waals surface area contributed by atoms with Crippen LogP contribution in [0.5, 0.6) is 5.75 Å². The number of amidine groups is 2. The number of sulfonamides is 1. The third kappa shape index (κ3) is 7.56. The second kappa shape index (κ2) is 13.4. The van der Waals surface area contributed by atoms with E-state index in [4.69, 9.17) is 21.3 Å². The minimum Gasteiger partial charge on any atom is -0.490 e. The molecule has 1 aliphatic rings. The van der Waals surface area contributed by atoms with E-state index in [1.807, 2.05) is 53.4 Å². The first-order chi connectivity index (χ1) is 17.5. The number of hydrogen-bond donors (Lipinski definition) is 3. The maximum atomic E-state index is 13.4. The predicted octanol–water partition coefficient (Wildman–Crippen LogP) is 5.55. The molecule has 1 heterocycles. The molecule has 3 aromatic carbocycles. The summed E-state index contributed by atoms with van der Waals surface area (Å²) >= 11 is 0. The van der Waals surface area contributed by atoms with Crippen LogP contribution in [0.1, 0.15) is 44.7 Å². The van der Waals surface area contributed by atoms with Gasteiger partial charge in [0.15, 0.2) is 0 Å². The Labute approximate surface area is 243 Å². The summed E-state index contributed by atoms with van der Waals surface area (Å²) in [4.78, 5) is 2.05. The van der Waals surface area contributed by atoms with Gasteiger partial charge in [-0.05, 0) is 73.5 Å². The highest BCUT2D eigenvalue weighted by molar-refractivity contribution is 7.93. The van der Waals surface area contributed by atoms with E-state index in [2.05, 4.69) is 0 Å². The number of fused-ring (bicyclic) bond motifs is 1. The van der Waals surface area contributed by atoms with Crippen molar-refractivity contribution >= 4 is 63.0 Å². The molecule has 0 spiro atoms. The molecule has 0 amide bonds. The zero-order valence-electron chi connectivity index (χ0n) is 22.4. The van der Waals surface area contributed by atoms with E-state index in [9.17, 15) is 8.42 Å². The van der Waals surface area contributed by atoms with Gasteiger partial charge >= 0.3 is 0 Å². The summed E-state index contributed by atoms with van der Waals surface area (Å²) in [7, 11) is -3.61. The molecule has 0 saturated carbocycles. The van der Waals surface area contributed by atoms with Crippen molar-refractivity contribution in [3.63, 3.8) is 0 Å². The van der Waals surface area contributed by atoms with E-state index in [0.717, 1.165) is 42.3 Å². The molecule has 0 unspecified atom stereocenters. The van der Waals surface area contributed by atoms with Gasteiger partial charge in [-0.15, -0.1) is 24.8 Å². The van der Waals surface area contributed by atoms with Gasteiger partial charge in [-0.2, -0.15) is 0 Å². The normalized spacial score (nSPS) is 13.9. The van der Waals surface area contributed by atoms with Crippen LogP contribution in [0.3, 0.4) is 0 Å². The Morgan fingerprint density at radius 2 is 1.62 bits per heavy atom. The van der Waals surface area contributed by atoms with Gasteiger partial charge in [0.2, 0.25) is 10.0 Å². The molecule has 0 aliphatic carbocycles. The Morgan fingerprint density at radius 3 is 2.18 bits per heavy atom. The molecular weight excluding hydrogens is 557 g/mol. The lowest BCUT2D eigenvalue weighted by molar-refractivity contribution is 0.130. The number of rotatable bonds is 8. The Balaban J connectivity index is 0.00000267. The van der Waals surface area contributed by atoms with Gasteiger partial charge in [0.1, 0.15) is 17.7 Å². The lowest BCUT2D eigenvalue weighted by Crippen LogP contribution is -2.40. The average molecular weight is 595 g/mol. The van der Waals surface area contributed by atoms with Gasteiger partial charge in [0.05, 0.1) is 23.3 Å². The summed E-state index contributed by atoms with van der Waals surface area (Å²) < 4.78 is 34.3. The van der Waals surface area contributed by atoms with Crippen molar-refractivity contribution in [2.75, 3.05) is 17.4 Å². The highest BCUT2D eigenvalue weighted by Crippen LogP contribution is 2.28. The van der Waals surface area contributed by atoms with E-state index >= 15 is 0 Å². The number of nitrogens with zero attached hydrogens (tertiary/aromatic N) is 2. The monoisotopic (exact) mass is 593 g/mol. The molecule has 0 radical (unpaired) electrons. The minimum atomic E-state index is -3.61. The zero-order valence-corrected chi connectivity index (χ0v) is 24.8. The first-order valence-electron chi connectivity index (χ1n) is 12.5. The van der Waals surface area contributed by atoms with Gasteiger partial charge < -0.3 is 15.4 Å². The molecule has 1 fully saturated rings. The van der Waals surface area contributed by atoms with Crippen molar-refractivity contribution in [2.24, 2.45) is 5.73 Å². The zero-order chi connectivity index (χ0) is 26.7. The standard InChI is InChI=1S/C28H35N5O3S.2ClH/c1-19(2)37(34,35)33(18-21-4-5-22-6-7-23(28(30)31)17-24(22)16-21)25-8-10-26(11-9-25)36-27-12-14-32(15-13-27)20(3)29;;/h4-11,16-17,19,27,29H,12-15,18H2,1-3H3,(H3,30,31);2*1H. The number of piperidine rings is 1. The number of anilines is 1. The summed E-state index contributed by atoms with van der Waals surface area (Å²) in [5, 5.41) is 16.8. The maximum Gasteiger partial charge on any atom is 0.237 e. The summed E-state index contributed by atoms with van der Waals surface area (Å²) in [6.45, 7) is 6.96. The summed E-state index contributed by atoms with van der Waals surface area (Å²) in [6.07, 6.45) is 1.77. The maximum absolute atomic E-state index is 13.4. The van der Waals surface area contributed by atoms with E-state index in [-0.39, 0.29) is 43.3 Å².